The fourth-order valence-corrected chi connectivity index (χ4v) is 1.76. The van der Waals surface area contributed by atoms with Crippen molar-refractivity contribution in [3.63, 3.8) is 0 Å². The SMILES string of the molecule is CCOC(=O)c1coc(=O)c2c(C)cccc12. The van der Waals surface area contributed by atoms with Crippen molar-refractivity contribution in [2.75, 3.05) is 6.61 Å². The Bertz CT molecular complexity index is 625. The molecule has 2 aromatic rings. The summed E-state index contributed by atoms with van der Waals surface area (Å²) in [6, 6.07) is 5.31. The van der Waals surface area contributed by atoms with E-state index in [1.165, 1.54) is 0 Å². The summed E-state index contributed by atoms with van der Waals surface area (Å²) in [6.45, 7) is 3.81. The van der Waals surface area contributed by atoms with Gasteiger partial charge in [0.2, 0.25) is 0 Å². The third-order valence-electron chi connectivity index (χ3n) is 2.55. The Hall–Kier alpha value is -2.10. The van der Waals surface area contributed by atoms with Crippen molar-refractivity contribution in [1.29, 1.82) is 0 Å². The molecule has 0 unspecified atom stereocenters. The lowest BCUT2D eigenvalue weighted by atomic mass is 10.0. The predicted octanol–water partition coefficient (Wildman–Crippen LogP) is 2.28. The van der Waals surface area contributed by atoms with Crippen LogP contribution in [0.4, 0.5) is 0 Å². The summed E-state index contributed by atoms with van der Waals surface area (Å²) in [4.78, 5) is 23.3. The first-order valence-electron chi connectivity index (χ1n) is 5.33. The fourth-order valence-electron chi connectivity index (χ4n) is 1.76. The van der Waals surface area contributed by atoms with Gasteiger partial charge in [0.15, 0.2) is 0 Å². The number of hydrogen-bond donors (Lipinski definition) is 0. The van der Waals surface area contributed by atoms with Gasteiger partial charge in [0.25, 0.3) is 0 Å². The van der Waals surface area contributed by atoms with Crippen LogP contribution in [0.1, 0.15) is 22.8 Å². The maximum atomic E-state index is 11.7. The van der Waals surface area contributed by atoms with E-state index in [0.29, 0.717) is 10.8 Å². The molecule has 0 amide bonds. The summed E-state index contributed by atoms with van der Waals surface area (Å²) in [6.07, 6.45) is 1.15. The fraction of sp³-hybridized carbons (Fsp3) is 0.231. The highest BCUT2D eigenvalue weighted by Gasteiger charge is 2.15. The first-order chi connectivity index (χ1) is 8.15. The molecule has 4 heteroatoms. The molecule has 0 aliphatic heterocycles. The molecule has 0 radical (unpaired) electrons. The van der Waals surface area contributed by atoms with E-state index >= 15 is 0 Å². The van der Waals surface area contributed by atoms with Gasteiger partial charge in [-0.25, -0.2) is 9.59 Å². The van der Waals surface area contributed by atoms with E-state index < -0.39 is 11.6 Å². The smallest absolute Gasteiger partial charge is 0.343 e. The van der Waals surface area contributed by atoms with Gasteiger partial charge in [-0.05, 0) is 19.4 Å². The molecule has 88 valence electrons. The lowest BCUT2D eigenvalue weighted by molar-refractivity contribution is 0.0526. The van der Waals surface area contributed by atoms with E-state index in [-0.39, 0.29) is 12.2 Å². The molecule has 0 aliphatic rings. The van der Waals surface area contributed by atoms with Crippen molar-refractivity contribution in [2.45, 2.75) is 13.8 Å². The van der Waals surface area contributed by atoms with Crippen LogP contribution in [0, 0.1) is 6.92 Å². The van der Waals surface area contributed by atoms with Crippen LogP contribution in [0.15, 0.2) is 33.7 Å². The zero-order chi connectivity index (χ0) is 12.4. The van der Waals surface area contributed by atoms with Crippen LogP contribution in [0.25, 0.3) is 10.8 Å². The van der Waals surface area contributed by atoms with Crippen LogP contribution in [0.3, 0.4) is 0 Å². The Balaban J connectivity index is 2.75. The molecule has 0 aliphatic carbocycles. The van der Waals surface area contributed by atoms with Crippen LogP contribution in [0.5, 0.6) is 0 Å². The summed E-state index contributed by atoms with van der Waals surface area (Å²) in [5, 5.41) is 0.998. The number of rotatable bonds is 2. The molecule has 2 rings (SSSR count). The zero-order valence-electron chi connectivity index (χ0n) is 9.65. The minimum atomic E-state index is -0.480. The van der Waals surface area contributed by atoms with Gasteiger partial charge in [-0.1, -0.05) is 18.2 Å². The van der Waals surface area contributed by atoms with Crippen LogP contribution in [-0.2, 0) is 4.74 Å². The first kappa shape index (κ1) is 11.4. The first-order valence-corrected chi connectivity index (χ1v) is 5.33. The van der Waals surface area contributed by atoms with Crippen LogP contribution >= 0.6 is 0 Å². The van der Waals surface area contributed by atoms with Crippen LogP contribution < -0.4 is 5.63 Å². The van der Waals surface area contributed by atoms with E-state index in [1.807, 2.05) is 0 Å². The van der Waals surface area contributed by atoms with Crippen molar-refractivity contribution in [3.05, 3.63) is 46.0 Å². The Morgan fingerprint density at radius 1 is 1.41 bits per heavy atom. The molecule has 0 spiro atoms. The number of carbonyl (C=O) groups excluding carboxylic acids is 1. The van der Waals surface area contributed by atoms with E-state index in [9.17, 15) is 9.59 Å². The number of benzene rings is 1. The van der Waals surface area contributed by atoms with Gasteiger partial charge in [-0.2, -0.15) is 0 Å². The third-order valence-corrected chi connectivity index (χ3v) is 2.55. The maximum Gasteiger partial charge on any atom is 0.343 e. The normalized spacial score (nSPS) is 10.5. The summed E-state index contributed by atoms with van der Waals surface area (Å²) in [7, 11) is 0. The van der Waals surface area contributed by atoms with Crippen molar-refractivity contribution < 1.29 is 13.9 Å². The quantitative estimate of drug-likeness (QED) is 0.745. The Labute approximate surface area is 97.8 Å². The molecule has 0 saturated carbocycles. The van der Waals surface area contributed by atoms with Crippen molar-refractivity contribution in [2.24, 2.45) is 0 Å². The zero-order valence-corrected chi connectivity index (χ0v) is 9.65. The molecule has 0 N–H and O–H groups in total. The molecule has 1 aromatic heterocycles. The minimum Gasteiger partial charge on any atom is -0.462 e. The van der Waals surface area contributed by atoms with Crippen molar-refractivity contribution in [3.8, 4) is 0 Å². The molecule has 0 saturated heterocycles. The Morgan fingerprint density at radius 3 is 2.88 bits per heavy atom. The van der Waals surface area contributed by atoms with E-state index in [0.717, 1.165) is 11.8 Å². The Kier molecular flexibility index (Phi) is 2.95. The molecule has 0 fully saturated rings. The monoisotopic (exact) mass is 232 g/mol. The molecule has 17 heavy (non-hydrogen) atoms. The molecular formula is C13H12O4. The second-order valence-corrected chi connectivity index (χ2v) is 3.65. The van der Waals surface area contributed by atoms with Gasteiger partial charge in [-0.15, -0.1) is 0 Å². The summed E-state index contributed by atoms with van der Waals surface area (Å²) in [5.74, 6) is -0.480. The molecular weight excluding hydrogens is 220 g/mol. The second kappa shape index (κ2) is 4.41. The summed E-state index contributed by atoms with van der Waals surface area (Å²) >= 11 is 0. The predicted molar refractivity (Wildman–Crippen MR) is 63.2 cm³/mol. The van der Waals surface area contributed by atoms with E-state index in [4.69, 9.17) is 9.15 Å². The van der Waals surface area contributed by atoms with Crippen molar-refractivity contribution in [1.82, 2.24) is 0 Å². The standard InChI is InChI=1S/C13H12O4/c1-3-16-12(14)10-7-17-13(15)11-8(2)5-4-6-9(10)11/h4-7H,3H2,1-2H3. The average molecular weight is 232 g/mol. The Morgan fingerprint density at radius 2 is 2.18 bits per heavy atom. The number of aryl methyl sites for hydroxylation is 1. The maximum absolute atomic E-state index is 11.7. The lowest BCUT2D eigenvalue weighted by Crippen LogP contribution is -2.09. The average Bonchev–Trinajstić information content (AvgIpc) is 2.29. The second-order valence-electron chi connectivity index (χ2n) is 3.65. The molecule has 1 heterocycles. The van der Waals surface area contributed by atoms with Gasteiger partial charge >= 0.3 is 11.6 Å². The third kappa shape index (κ3) is 1.93. The number of hydrogen-bond acceptors (Lipinski definition) is 4. The van der Waals surface area contributed by atoms with Gasteiger partial charge in [-0.3, -0.25) is 0 Å². The molecule has 1 aromatic carbocycles. The van der Waals surface area contributed by atoms with E-state index in [1.54, 1.807) is 32.0 Å². The minimum absolute atomic E-state index is 0.283. The molecule has 0 bridgehead atoms. The highest BCUT2D eigenvalue weighted by Crippen LogP contribution is 2.19. The highest BCUT2D eigenvalue weighted by atomic mass is 16.5. The number of carbonyl (C=O) groups is 1. The van der Waals surface area contributed by atoms with E-state index in [2.05, 4.69) is 0 Å². The summed E-state index contributed by atoms with van der Waals surface area (Å²) in [5.41, 5.74) is 0.624. The van der Waals surface area contributed by atoms with Crippen molar-refractivity contribution >= 4 is 16.7 Å². The summed E-state index contributed by atoms with van der Waals surface area (Å²) < 4.78 is 9.78. The lowest BCUT2D eigenvalue weighted by Gasteiger charge is -2.05. The topological polar surface area (TPSA) is 56.5 Å². The largest absolute Gasteiger partial charge is 0.462 e. The van der Waals surface area contributed by atoms with Crippen LogP contribution in [0.2, 0.25) is 0 Å². The number of fused-ring (bicyclic) bond motifs is 1. The van der Waals surface area contributed by atoms with Gasteiger partial charge in [0.05, 0.1) is 12.0 Å². The van der Waals surface area contributed by atoms with Gasteiger partial charge in [0.1, 0.15) is 11.8 Å². The number of ether oxygens (including phenoxy) is 1. The number of esters is 1. The van der Waals surface area contributed by atoms with Crippen LogP contribution in [-0.4, -0.2) is 12.6 Å². The highest BCUT2D eigenvalue weighted by molar-refractivity contribution is 6.04. The molecule has 4 nitrogen and oxygen atoms in total. The van der Waals surface area contributed by atoms with Gasteiger partial charge in [0, 0.05) is 5.39 Å². The van der Waals surface area contributed by atoms with Gasteiger partial charge < -0.3 is 9.15 Å². The molecule has 0 atom stereocenters.